The zero-order valence-corrected chi connectivity index (χ0v) is 7.73. The van der Waals surface area contributed by atoms with Gasteiger partial charge in [0.15, 0.2) is 5.78 Å². The fraction of sp³-hybridized carbons (Fsp3) is 0.727. The molecule has 66 valence electrons. The molecule has 0 aromatic rings. The fourth-order valence-corrected chi connectivity index (χ4v) is 2.76. The number of hydrogen-bond donors (Lipinski definition) is 0. The second kappa shape index (κ2) is 2.72. The molecule has 0 N–H and O–H groups in total. The van der Waals surface area contributed by atoms with Gasteiger partial charge in [0.2, 0.25) is 0 Å². The quantitative estimate of drug-likeness (QED) is 0.582. The van der Waals surface area contributed by atoms with Crippen LogP contribution in [0.1, 0.15) is 45.4 Å². The summed E-state index contributed by atoms with van der Waals surface area (Å²) in [5.41, 5.74) is 1.91. The van der Waals surface area contributed by atoms with E-state index in [9.17, 15) is 4.79 Å². The van der Waals surface area contributed by atoms with Crippen molar-refractivity contribution in [1.82, 2.24) is 0 Å². The molecule has 12 heavy (non-hydrogen) atoms. The average Bonchev–Trinajstić information content (AvgIpc) is 2.48. The van der Waals surface area contributed by atoms with Gasteiger partial charge >= 0.3 is 0 Å². The molecule has 0 saturated heterocycles. The van der Waals surface area contributed by atoms with Crippen LogP contribution in [0.15, 0.2) is 11.6 Å². The Morgan fingerprint density at radius 3 is 3.00 bits per heavy atom. The molecular formula is C11H16O. The minimum atomic E-state index is 0.357. The Kier molecular flexibility index (Phi) is 1.82. The molecule has 2 aliphatic rings. The van der Waals surface area contributed by atoms with E-state index in [4.69, 9.17) is 0 Å². The molecule has 2 rings (SSSR count). The molecule has 1 saturated carbocycles. The van der Waals surface area contributed by atoms with E-state index in [-0.39, 0.29) is 0 Å². The van der Waals surface area contributed by atoms with Crippen LogP contribution in [0.2, 0.25) is 0 Å². The topological polar surface area (TPSA) is 17.1 Å². The zero-order valence-electron chi connectivity index (χ0n) is 7.73. The van der Waals surface area contributed by atoms with Gasteiger partial charge in [-0.15, -0.1) is 0 Å². The molecule has 0 aromatic carbocycles. The molecule has 0 unspecified atom stereocenters. The lowest BCUT2D eigenvalue weighted by Crippen LogP contribution is -2.23. The Morgan fingerprint density at radius 2 is 2.25 bits per heavy atom. The second-order valence-corrected chi connectivity index (χ2v) is 4.12. The van der Waals surface area contributed by atoms with E-state index in [1.165, 1.54) is 31.3 Å². The van der Waals surface area contributed by atoms with Crippen molar-refractivity contribution >= 4 is 5.78 Å². The summed E-state index contributed by atoms with van der Waals surface area (Å²) in [6.07, 6.45) is 8.87. The summed E-state index contributed by atoms with van der Waals surface area (Å²) >= 11 is 0. The maximum absolute atomic E-state index is 11.2. The summed E-state index contributed by atoms with van der Waals surface area (Å²) in [7, 11) is 0. The number of hydrogen-bond acceptors (Lipinski definition) is 1. The van der Waals surface area contributed by atoms with E-state index in [1.54, 1.807) is 0 Å². The van der Waals surface area contributed by atoms with E-state index >= 15 is 0 Å². The van der Waals surface area contributed by atoms with Gasteiger partial charge in [0.1, 0.15) is 0 Å². The standard InChI is InChI=1S/C11H16O/c1-2-11-6-3-4-9(11)8-10(12)5-7-11/h8H,2-7H2,1H3/t11-/m1/s1. The van der Waals surface area contributed by atoms with Crippen molar-refractivity contribution in [2.75, 3.05) is 0 Å². The zero-order chi connectivity index (χ0) is 8.60. The van der Waals surface area contributed by atoms with Gasteiger partial charge in [0.05, 0.1) is 0 Å². The number of ketones is 1. The molecule has 0 aromatic heterocycles. The van der Waals surface area contributed by atoms with Gasteiger partial charge in [-0.25, -0.2) is 0 Å². The number of rotatable bonds is 1. The van der Waals surface area contributed by atoms with Crippen molar-refractivity contribution in [3.63, 3.8) is 0 Å². The van der Waals surface area contributed by atoms with Crippen molar-refractivity contribution < 1.29 is 4.79 Å². The number of fused-ring (bicyclic) bond motifs is 1. The highest BCUT2D eigenvalue weighted by molar-refractivity contribution is 5.91. The summed E-state index contributed by atoms with van der Waals surface area (Å²) in [6.45, 7) is 2.26. The lowest BCUT2D eigenvalue weighted by atomic mass is 9.72. The van der Waals surface area contributed by atoms with E-state index < -0.39 is 0 Å². The van der Waals surface area contributed by atoms with Crippen LogP contribution >= 0.6 is 0 Å². The highest BCUT2D eigenvalue weighted by Gasteiger charge is 2.39. The first-order valence-corrected chi connectivity index (χ1v) is 5.01. The summed E-state index contributed by atoms with van der Waals surface area (Å²) in [4.78, 5) is 11.2. The predicted octanol–water partition coefficient (Wildman–Crippen LogP) is 2.86. The number of carbonyl (C=O) groups is 1. The van der Waals surface area contributed by atoms with Crippen LogP contribution in [0.3, 0.4) is 0 Å². The van der Waals surface area contributed by atoms with Crippen LogP contribution in [0.25, 0.3) is 0 Å². The monoisotopic (exact) mass is 164 g/mol. The fourth-order valence-electron chi connectivity index (χ4n) is 2.76. The summed E-state index contributed by atoms with van der Waals surface area (Å²) in [6, 6.07) is 0. The van der Waals surface area contributed by atoms with Gasteiger partial charge in [-0.1, -0.05) is 12.5 Å². The minimum Gasteiger partial charge on any atom is -0.295 e. The third-order valence-corrected chi connectivity index (χ3v) is 3.64. The normalized spacial score (nSPS) is 34.8. The van der Waals surface area contributed by atoms with Crippen LogP contribution in [0.5, 0.6) is 0 Å². The van der Waals surface area contributed by atoms with Gasteiger partial charge in [0, 0.05) is 6.42 Å². The van der Waals surface area contributed by atoms with Crippen molar-refractivity contribution in [3.8, 4) is 0 Å². The Hall–Kier alpha value is -0.590. The third kappa shape index (κ3) is 1.03. The first-order chi connectivity index (χ1) is 5.77. The van der Waals surface area contributed by atoms with Crippen LogP contribution in [0, 0.1) is 5.41 Å². The largest absolute Gasteiger partial charge is 0.295 e. The van der Waals surface area contributed by atoms with E-state index in [2.05, 4.69) is 6.92 Å². The molecule has 2 aliphatic carbocycles. The molecule has 0 heterocycles. The van der Waals surface area contributed by atoms with Gasteiger partial charge in [-0.3, -0.25) is 4.79 Å². The summed E-state index contributed by atoms with van der Waals surface area (Å²) < 4.78 is 0. The van der Waals surface area contributed by atoms with Crippen LogP contribution in [-0.4, -0.2) is 5.78 Å². The van der Waals surface area contributed by atoms with Crippen molar-refractivity contribution in [1.29, 1.82) is 0 Å². The Labute approximate surface area is 73.8 Å². The smallest absolute Gasteiger partial charge is 0.155 e. The summed E-state index contributed by atoms with van der Waals surface area (Å²) in [5, 5.41) is 0. The lowest BCUT2D eigenvalue weighted by molar-refractivity contribution is -0.115. The second-order valence-electron chi connectivity index (χ2n) is 4.12. The number of carbonyl (C=O) groups excluding carboxylic acids is 1. The van der Waals surface area contributed by atoms with Crippen molar-refractivity contribution in [3.05, 3.63) is 11.6 Å². The lowest BCUT2D eigenvalue weighted by Gasteiger charge is -2.32. The molecule has 0 spiro atoms. The van der Waals surface area contributed by atoms with E-state index in [1.807, 2.05) is 6.08 Å². The maximum Gasteiger partial charge on any atom is 0.155 e. The molecular weight excluding hydrogens is 148 g/mol. The minimum absolute atomic E-state index is 0.357. The molecule has 0 bridgehead atoms. The molecule has 0 amide bonds. The third-order valence-electron chi connectivity index (χ3n) is 3.64. The van der Waals surface area contributed by atoms with Crippen molar-refractivity contribution in [2.24, 2.45) is 5.41 Å². The highest BCUT2D eigenvalue weighted by atomic mass is 16.1. The molecule has 1 atom stereocenters. The van der Waals surface area contributed by atoms with Crippen LogP contribution in [-0.2, 0) is 4.79 Å². The van der Waals surface area contributed by atoms with E-state index in [0.29, 0.717) is 11.2 Å². The van der Waals surface area contributed by atoms with Crippen LogP contribution < -0.4 is 0 Å². The van der Waals surface area contributed by atoms with Gasteiger partial charge in [-0.2, -0.15) is 0 Å². The predicted molar refractivity (Wildman–Crippen MR) is 48.9 cm³/mol. The Morgan fingerprint density at radius 1 is 1.42 bits per heavy atom. The molecule has 0 radical (unpaired) electrons. The molecule has 1 heteroatoms. The first kappa shape index (κ1) is 8.03. The Bertz CT molecular complexity index is 239. The van der Waals surface area contributed by atoms with Crippen LogP contribution in [0.4, 0.5) is 0 Å². The number of allylic oxidation sites excluding steroid dienone is 2. The Balaban J connectivity index is 2.33. The maximum atomic E-state index is 11.2. The first-order valence-electron chi connectivity index (χ1n) is 5.01. The van der Waals surface area contributed by atoms with Crippen molar-refractivity contribution in [2.45, 2.75) is 45.4 Å². The van der Waals surface area contributed by atoms with Gasteiger partial charge in [-0.05, 0) is 43.6 Å². The van der Waals surface area contributed by atoms with Gasteiger partial charge in [0.25, 0.3) is 0 Å². The molecule has 1 fully saturated rings. The highest BCUT2D eigenvalue weighted by Crippen LogP contribution is 2.50. The average molecular weight is 164 g/mol. The SMILES string of the molecule is CC[C@]12CCCC1=CC(=O)CC2. The van der Waals surface area contributed by atoms with Gasteiger partial charge < -0.3 is 0 Å². The summed E-state index contributed by atoms with van der Waals surface area (Å²) in [5.74, 6) is 0.357. The molecule has 0 aliphatic heterocycles. The van der Waals surface area contributed by atoms with E-state index in [0.717, 1.165) is 12.8 Å². The molecule has 1 nitrogen and oxygen atoms in total.